The Hall–Kier alpha value is -2.84. The highest BCUT2D eigenvalue weighted by molar-refractivity contribution is 6.42. The molecule has 0 saturated carbocycles. The molecule has 0 aliphatic carbocycles. The zero-order valence-electron chi connectivity index (χ0n) is 16.7. The van der Waals surface area contributed by atoms with Crippen LogP contribution in [0.2, 0.25) is 10.0 Å². The number of halogens is 2. The Balaban J connectivity index is 1.51. The minimum absolute atomic E-state index is 0.0972. The van der Waals surface area contributed by atoms with E-state index in [1.54, 1.807) is 30.3 Å². The molecule has 6 heteroatoms. The topological polar surface area (TPSA) is 53.3 Å². The highest BCUT2D eigenvalue weighted by Crippen LogP contribution is 2.28. The van der Waals surface area contributed by atoms with Crippen LogP contribution in [0.3, 0.4) is 0 Å². The van der Waals surface area contributed by atoms with Gasteiger partial charge >= 0.3 is 0 Å². The fraction of sp³-hybridized carbons (Fsp3) is 0.200. The first-order valence-electron chi connectivity index (χ1n) is 9.94. The van der Waals surface area contributed by atoms with Crippen LogP contribution >= 0.6 is 23.2 Å². The molecule has 1 atom stereocenters. The molecule has 156 valence electrons. The zero-order valence-corrected chi connectivity index (χ0v) is 18.2. The molecule has 1 aliphatic rings. The van der Waals surface area contributed by atoms with Crippen molar-refractivity contribution in [3.05, 3.63) is 105 Å². The van der Waals surface area contributed by atoms with Crippen molar-refractivity contribution in [1.82, 2.24) is 4.90 Å². The van der Waals surface area contributed by atoms with Gasteiger partial charge in [0.25, 0.3) is 5.91 Å². The lowest BCUT2D eigenvalue weighted by atomic mass is 9.93. The number of ether oxygens (including phenoxy) is 1. The summed E-state index contributed by atoms with van der Waals surface area (Å²) in [5.41, 5.74) is 4.47. The summed E-state index contributed by atoms with van der Waals surface area (Å²) in [5, 5.41) is 9.71. The summed E-state index contributed by atoms with van der Waals surface area (Å²) < 4.78 is 5.98. The third-order valence-electron chi connectivity index (χ3n) is 5.44. The number of nitrogens with zero attached hydrogens (tertiary/aromatic N) is 2. The Bertz CT molecular complexity index is 1140. The second kappa shape index (κ2) is 9.53. The number of amides is 1. The van der Waals surface area contributed by atoms with Crippen LogP contribution in [-0.4, -0.2) is 23.5 Å². The first-order valence-corrected chi connectivity index (χ1v) is 10.7. The average molecular weight is 451 g/mol. The summed E-state index contributed by atoms with van der Waals surface area (Å²) in [7, 11) is 0. The highest BCUT2D eigenvalue weighted by atomic mass is 35.5. The summed E-state index contributed by atoms with van der Waals surface area (Å²) in [6.07, 6.45) is 0.719. The first kappa shape index (κ1) is 21.4. The predicted octanol–water partition coefficient (Wildman–Crippen LogP) is 5.65. The molecule has 0 saturated heterocycles. The molecular weight excluding hydrogens is 431 g/mol. The quantitative estimate of drug-likeness (QED) is 0.504. The third kappa shape index (κ3) is 4.91. The van der Waals surface area contributed by atoms with Crippen LogP contribution in [0.5, 0.6) is 0 Å². The van der Waals surface area contributed by atoms with Crippen LogP contribution in [-0.2, 0) is 24.3 Å². The Morgan fingerprint density at radius 1 is 1.03 bits per heavy atom. The van der Waals surface area contributed by atoms with Crippen LogP contribution in [0.15, 0.2) is 66.7 Å². The van der Waals surface area contributed by atoms with Crippen molar-refractivity contribution < 1.29 is 9.53 Å². The molecule has 0 radical (unpaired) electrons. The summed E-state index contributed by atoms with van der Waals surface area (Å²) in [6, 6.07) is 22.4. The summed E-state index contributed by atoms with van der Waals surface area (Å²) in [4.78, 5) is 15.2. The predicted molar refractivity (Wildman–Crippen MR) is 121 cm³/mol. The Labute approximate surface area is 191 Å². The van der Waals surface area contributed by atoms with Gasteiger partial charge in [0.2, 0.25) is 0 Å². The number of carbonyl (C=O) groups excluding carboxylic acids is 1. The van der Waals surface area contributed by atoms with Gasteiger partial charge in [-0.2, -0.15) is 5.26 Å². The van der Waals surface area contributed by atoms with Crippen LogP contribution < -0.4 is 0 Å². The number of carbonyl (C=O) groups is 1. The Morgan fingerprint density at radius 3 is 2.48 bits per heavy atom. The van der Waals surface area contributed by atoms with E-state index in [4.69, 9.17) is 33.2 Å². The van der Waals surface area contributed by atoms with E-state index < -0.39 is 0 Å². The SMILES string of the molecule is N#Cc1ccc(COC[C@@H]2Cc3ccccc3CN2C(=O)c2ccc(Cl)c(Cl)c2)cc1. The molecule has 1 amide bonds. The minimum atomic E-state index is -0.102. The highest BCUT2D eigenvalue weighted by Gasteiger charge is 2.30. The second-order valence-electron chi connectivity index (χ2n) is 7.51. The molecule has 3 aromatic carbocycles. The number of rotatable bonds is 5. The van der Waals surface area contributed by atoms with Gasteiger partial charge in [-0.15, -0.1) is 0 Å². The molecule has 0 bridgehead atoms. The molecule has 3 aromatic rings. The molecule has 31 heavy (non-hydrogen) atoms. The van der Waals surface area contributed by atoms with Crippen LogP contribution in [0.4, 0.5) is 0 Å². The zero-order chi connectivity index (χ0) is 21.8. The monoisotopic (exact) mass is 450 g/mol. The maximum absolute atomic E-state index is 13.3. The van der Waals surface area contributed by atoms with Crippen molar-refractivity contribution in [2.45, 2.75) is 25.6 Å². The Kier molecular flexibility index (Phi) is 6.58. The van der Waals surface area contributed by atoms with Gasteiger partial charge in [0.05, 0.1) is 40.9 Å². The van der Waals surface area contributed by atoms with E-state index in [1.807, 2.05) is 29.2 Å². The fourth-order valence-electron chi connectivity index (χ4n) is 3.76. The largest absolute Gasteiger partial charge is 0.375 e. The molecule has 0 fully saturated rings. The van der Waals surface area contributed by atoms with Gasteiger partial charge in [0, 0.05) is 12.1 Å². The van der Waals surface area contributed by atoms with E-state index in [0.29, 0.717) is 40.9 Å². The van der Waals surface area contributed by atoms with Crippen LogP contribution in [0.25, 0.3) is 0 Å². The number of nitriles is 1. The molecular formula is C25H20Cl2N2O2. The number of fused-ring (bicyclic) bond motifs is 1. The summed E-state index contributed by atoms with van der Waals surface area (Å²) in [5.74, 6) is -0.0972. The van der Waals surface area contributed by atoms with Crippen molar-refractivity contribution in [3.63, 3.8) is 0 Å². The lowest BCUT2D eigenvalue weighted by molar-refractivity contribution is 0.0325. The number of benzene rings is 3. The smallest absolute Gasteiger partial charge is 0.254 e. The maximum Gasteiger partial charge on any atom is 0.254 e. The minimum Gasteiger partial charge on any atom is -0.375 e. The van der Waals surface area contributed by atoms with E-state index in [2.05, 4.69) is 18.2 Å². The van der Waals surface area contributed by atoms with E-state index in [-0.39, 0.29) is 11.9 Å². The van der Waals surface area contributed by atoms with Crippen LogP contribution in [0, 0.1) is 11.3 Å². The molecule has 4 rings (SSSR count). The molecule has 4 nitrogen and oxygen atoms in total. The van der Waals surface area contributed by atoms with Gasteiger partial charge < -0.3 is 9.64 Å². The lowest BCUT2D eigenvalue weighted by Gasteiger charge is -2.37. The molecule has 0 N–H and O–H groups in total. The van der Waals surface area contributed by atoms with E-state index in [9.17, 15) is 4.79 Å². The van der Waals surface area contributed by atoms with Crippen LogP contribution in [0.1, 0.15) is 32.6 Å². The molecule has 1 heterocycles. The molecule has 0 aromatic heterocycles. The molecule has 0 unspecified atom stereocenters. The normalized spacial score (nSPS) is 15.3. The van der Waals surface area contributed by atoms with Gasteiger partial charge in [0.15, 0.2) is 0 Å². The van der Waals surface area contributed by atoms with Crippen molar-refractivity contribution >= 4 is 29.1 Å². The van der Waals surface area contributed by atoms with Crippen molar-refractivity contribution in [1.29, 1.82) is 5.26 Å². The molecule has 0 spiro atoms. The standard InChI is InChI=1S/C25H20Cl2N2O2/c26-23-10-9-20(12-24(23)27)25(30)29-14-21-4-2-1-3-19(21)11-22(29)16-31-15-18-7-5-17(13-28)6-8-18/h1-10,12,22H,11,14-16H2/t22-/m0/s1. The van der Waals surface area contributed by atoms with Gasteiger partial charge in [-0.25, -0.2) is 0 Å². The van der Waals surface area contributed by atoms with Crippen molar-refractivity contribution in [3.8, 4) is 6.07 Å². The second-order valence-corrected chi connectivity index (χ2v) is 8.33. The summed E-state index contributed by atoms with van der Waals surface area (Å²) >= 11 is 12.2. The lowest BCUT2D eigenvalue weighted by Crippen LogP contribution is -2.46. The van der Waals surface area contributed by atoms with Gasteiger partial charge in [-0.05, 0) is 53.4 Å². The van der Waals surface area contributed by atoms with E-state index in [0.717, 1.165) is 17.5 Å². The van der Waals surface area contributed by atoms with Crippen molar-refractivity contribution in [2.24, 2.45) is 0 Å². The van der Waals surface area contributed by atoms with E-state index in [1.165, 1.54) is 5.56 Å². The Morgan fingerprint density at radius 2 is 1.77 bits per heavy atom. The van der Waals surface area contributed by atoms with Gasteiger partial charge in [-0.1, -0.05) is 59.6 Å². The average Bonchev–Trinajstić information content (AvgIpc) is 2.80. The van der Waals surface area contributed by atoms with E-state index >= 15 is 0 Å². The summed E-state index contributed by atoms with van der Waals surface area (Å²) in [6.45, 7) is 1.33. The number of hydrogen-bond acceptors (Lipinski definition) is 3. The van der Waals surface area contributed by atoms with Gasteiger partial charge in [-0.3, -0.25) is 4.79 Å². The molecule has 1 aliphatic heterocycles. The maximum atomic E-state index is 13.3. The third-order valence-corrected chi connectivity index (χ3v) is 6.18. The van der Waals surface area contributed by atoms with Gasteiger partial charge in [0.1, 0.15) is 0 Å². The van der Waals surface area contributed by atoms with Crippen molar-refractivity contribution in [2.75, 3.05) is 6.61 Å². The number of hydrogen-bond donors (Lipinski definition) is 0. The first-order chi connectivity index (χ1) is 15.0. The fourth-order valence-corrected chi connectivity index (χ4v) is 4.06.